The molecule has 144 valence electrons. The van der Waals surface area contributed by atoms with Crippen LogP contribution in [0, 0.1) is 0 Å². The van der Waals surface area contributed by atoms with Gasteiger partial charge < -0.3 is 14.8 Å². The van der Waals surface area contributed by atoms with E-state index in [1.807, 2.05) is 30.3 Å². The monoisotopic (exact) mass is 406 g/mol. The predicted molar refractivity (Wildman–Crippen MR) is 108 cm³/mol. The Morgan fingerprint density at radius 1 is 1.15 bits per heavy atom. The second-order valence-corrected chi connectivity index (χ2v) is 9.02. The van der Waals surface area contributed by atoms with Gasteiger partial charge in [0.15, 0.2) is 5.78 Å². The Morgan fingerprint density at radius 3 is 2.74 bits per heavy atom. The maximum Gasteiger partial charge on any atom is 0.165 e. The Hall–Kier alpha value is -1.32. The van der Waals surface area contributed by atoms with E-state index in [1.54, 1.807) is 0 Å². The van der Waals surface area contributed by atoms with Crippen LogP contribution < -0.4 is 10.6 Å². The number of furan rings is 1. The lowest BCUT2D eigenvalue weighted by molar-refractivity contribution is -0.125. The molecule has 2 aromatic rings. The van der Waals surface area contributed by atoms with Gasteiger partial charge in [-0.05, 0) is 12.1 Å². The summed E-state index contributed by atoms with van der Waals surface area (Å²) in [6.45, 7) is -0.0755. The fourth-order valence-corrected chi connectivity index (χ4v) is 5.99. The van der Waals surface area contributed by atoms with E-state index >= 15 is 0 Å². The second-order valence-electron chi connectivity index (χ2n) is 6.76. The highest BCUT2D eigenvalue weighted by Crippen LogP contribution is 2.30. The molecule has 3 heterocycles. The molecule has 8 heteroatoms. The lowest BCUT2D eigenvalue weighted by Gasteiger charge is -2.22. The molecule has 2 fully saturated rings. The molecule has 3 N–H and O–H groups in total. The molecule has 27 heavy (non-hydrogen) atoms. The highest BCUT2D eigenvalue weighted by molar-refractivity contribution is 8.01. The molecule has 0 amide bonds. The fourth-order valence-electron chi connectivity index (χ4n) is 3.59. The summed E-state index contributed by atoms with van der Waals surface area (Å²) in [5, 5.41) is 16.1. The van der Waals surface area contributed by atoms with Gasteiger partial charge in [0.2, 0.25) is 0 Å². The summed E-state index contributed by atoms with van der Waals surface area (Å²) in [7, 11) is 0. The van der Waals surface area contributed by atoms with Gasteiger partial charge in [-0.3, -0.25) is 14.9 Å². The zero-order chi connectivity index (χ0) is 18.8. The highest BCUT2D eigenvalue weighted by atomic mass is 32.2. The molecular weight excluding hydrogens is 384 g/mol. The topological polar surface area (TPSA) is 91.6 Å². The number of rotatable bonds is 7. The number of nitrogens with one attached hydrogen (secondary N) is 2. The van der Waals surface area contributed by atoms with Crippen LogP contribution in [-0.4, -0.2) is 57.6 Å². The first-order valence-corrected chi connectivity index (χ1v) is 11.1. The Labute approximate surface area is 165 Å². The molecular formula is C19H22N2O4S2. The number of aliphatic hydroxyl groups is 1. The fraction of sp³-hybridized carbons (Fsp3) is 0.474. The van der Waals surface area contributed by atoms with E-state index in [0.29, 0.717) is 24.6 Å². The number of aliphatic hydroxyl groups excluding tert-OH is 1. The molecule has 0 saturated carbocycles. The third-order valence-corrected chi connectivity index (χ3v) is 7.52. The number of carbonyl (C=O) groups is 2. The van der Waals surface area contributed by atoms with Crippen LogP contribution in [0.3, 0.4) is 0 Å². The summed E-state index contributed by atoms with van der Waals surface area (Å²) < 4.78 is 5.78. The van der Waals surface area contributed by atoms with E-state index in [0.717, 1.165) is 16.7 Å². The molecule has 2 unspecified atom stereocenters. The largest absolute Gasteiger partial charge is 0.461 e. The van der Waals surface area contributed by atoms with Crippen molar-refractivity contribution in [2.45, 2.75) is 35.4 Å². The maximum atomic E-state index is 12.9. The average Bonchev–Trinajstić information content (AvgIpc) is 3.43. The first-order valence-electron chi connectivity index (χ1n) is 9.02. The average molecular weight is 407 g/mol. The van der Waals surface area contributed by atoms with Crippen molar-refractivity contribution in [3.8, 4) is 0 Å². The first kappa shape index (κ1) is 19.0. The van der Waals surface area contributed by atoms with Crippen molar-refractivity contribution in [3.63, 3.8) is 0 Å². The van der Waals surface area contributed by atoms with Crippen LogP contribution in [0.2, 0.25) is 0 Å². The van der Waals surface area contributed by atoms with Crippen LogP contribution in [0.5, 0.6) is 0 Å². The van der Waals surface area contributed by atoms with E-state index in [1.165, 1.54) is 23.5 Å². The molecule has 4 atom stereocenters. The molecule has 0 radical (unpaired) electrons. The number of Topliss-reactive ketones (excluding diaryl/α,β-unsaturated/α-hetero) is 2. The smallest absolute Gasteiger partial charge is 0.165 e. The molecule has 0 spiro atoms. The molecule has 2 aliphatic rings. The van der Waals surface area contributed by atoms with Crippen molar-refractivity contribution in [1.82, 2.24) is 10.6 Å². The minimum atomic E-state index is -0.482. The Bertz CT molecular complexity index is 807. The number of benzene rings is 1. The predicted octanol–water partition coefficient (Wildman–Crippen LogP) is 1.56. The number of para-hydroxylation sites is 1. The minimum absolute atomic E-state index is 0.0103. The van der Waals surface area contributed by atoms with Gasteiger partial charge in [0.05, 0.1) is 23.1 Å². The van der Waals surface area contributed by atoms with Crippen molar-refractivity contribution in [3.05, 3.63) is 36.1 Å². The van der Waals surface area contributed by atoms with Crippen molar-refractivity contribution in [2.75, 3.05) is 18.4 Å². The molecule has 0 bridgehead atoms. The zero-order valence-corrected chi connectivity index (χ0v) is 16.4. The lowest BCUT2D eigenvalue weighted by atomic mass is 9.97. The minimum Gasteiger partial charge on any atom is -0.461 e. The lowest BCUT2D eigenvalue weighted by Crippen LogP contribution is -2.50. The van der Waals surface area contributed by atoms with E-state index in [4.69, 9.17) is 4.42 Å². The summed E-state index contributed by atoms with van der Waals surface area (Å²) >= 11 is 2.99. The van der Waals surface area contributed by atoms with E-state index in [2.05, 4.69) is 10.6 Å². The first-order chi connectivity index (χ1) is 13.2. The van der Waals surface area contributed by atoms with Crippen LogP contribution >= 0.6 is 23.5 Å². The molecule has 4 rings (SSSR count). The van der Waals surface area contributed by atoms with Gasteiger partial charge >= 0.3 is 0 Å². The molecule has 1 aromatic heterocycles. The summed E-state index contributed by atoms with van der Waals surface area (Å²) in [6.07, 6.45) is 0.882. The third-order valence-electron chi connectivity index (χ3n) is 5.04. The van der Waals surface area contributed by atoms with E-state index in [9.17, 15) is 14.7 Å². The van der Waals surface area contributed by atoms with Gasteiger partial charge in [-0.1, -0.05) is 18.2 Å². The quantitative estimate of drug-likeness (QED) is 0.638. The van der Waals surface area contributed by atoms with Crippen molar-refractivity contribution in [1.29, 1.82) is 0 Å². The summed E-state index contributed by atoms with van der Waals surface area (Å²) in [5.41, 5.74) is 0.825. The SMILES string of the molecule is O=C(CCc1cc2ccccc2o1)C1SCN[C@@H]1C(=O)C1SCN[C@@H]1CO. The Balaban J connectivity index is 1.39. The second kappa shape index (κ2) is 8.36. The Morgan fingerprint density at radius 2 is 1.93 bits per heavy atom. The normalized spacial score (nSPS) is 28.0. The van der Waals surface area contributed by atoms with Gasteiger partial charge in [-0.2, -0.15) is 0 Å². The van der Waals surface area contributed by atoms with Gasteiger partial charge in [-0.15, -0.1) is 23.5 Å². The number of aryl methyl sites for hydroxylation is 1. The number of thioether (sulfide) groups is 2. The number of hydrogen-bond donors (Lipinski definition) is 3. The Kier molecular flexibility index (Phi) is 5.89. The third kappa shape index (κ3) is 3.95. The standard InChI is InChI=1S/C19H22N2O4S2/c22-8-13-18(26-9-20-13)17(24)16-19(27-10-21-16)14(23)6-5-12-7-11-3-1-2-4-15(11)25-12/h1-4,7,13,16,18-22H,5-6,8-10H2/t13-,16-,18?,19?/m1/s1. The van der Waals surface area contributed by atoms with Crippen molar-refractivity contribution in [2.24, 2.45) is 0 Å². The van der Waals surface area contributed by atoms with Crippen LogP contribution in [0.1, 0.15) is 12.2 Å². The summed E-state index contributed by atoms with van der Waals surface area (Å²) in [5.74, 6) is 2.11. The van der Waals surface area contributed by atoms with Crippen LogP contribution in [0.25, 0.3) is 11.0 Å². The van der Waals surface area contributed by atoms with Gasteiger partial charge in [-0.25, -0.2) is 0 Å². The van der Waals surface area contributed by atoms with Crippen LogP contribution in [0.4, 0.5) is 0 Å². The van der Waals surface area contributed by atoms with Crippen LogP contribution in [-0.2, 0) is 16.0 Å². The summed E-state index contributed by atoms with van der Waals surface area (Å²) in [4.78, 5) is 25.7. The molecule has 0 aliphatic carbocycles. The molecule has 6 nitrogen and oxygen atoms in total. The number of ketones is 2. The zero-order valence-electron chi connectivity index (χ0n) is 14.7. The van der Waals surface area contributed by atoms with Crippen LogP contribution in [0.15, 0.2) is 34.7 Å². The van der Waals surface area contributed by atoms with Gasteiger partial charge in [0.25, 0.3) is 0 Å². The number of hydrogen-bond acceptors (Lipinski definition) is 8. The van der Waals surface area contributed by atoms with E-state index in [-0.39, 0.29) is 34.7 Å². The molecule has 1 aromatic carbocycles. The summed E-state index contributed by atoms with van der Waals surface area (Å²) in [6, 6.07) is 9.04. The van der Waals surface area contributed by atoms with Crippen molar-refractivity contribution < 1.29 is 19.1 Å². The van der Waals surface area contributed by atoms with Gasteiger partial charge in [0, 0.05) is 36.0 Å². The molecule has 2 saturated heterocycles. The number of fused-ring (bicyclic) bond motifs is 1. The van der Waals surface area contributed by atoms with E-state index < -0.39 is 6.04 Å². The van der Waals surface area contributed by atoms with Gasteiger partial charge in [0.1, 0.15) is 17.1 Å². The number of carbonyl (C=O) groups excluding carboxylic acids is 2. The maximum absolute atomic E-state index is 12.9. The highest BCUT2D eigenvalue weighted by Gasteiger charge is 2.44. The van der Waals surface area contributed by atoms with Crippen molar-refractivity contribution >= 4 is 46.1 Å². The molecule has 2 aliphatic heterocycles.